The summed E-state index contributed by atoms with van der Waals surface area (Å²) in [6.45, 7) is 0. The summed E-state index contributed by atoms with van der Waals surface area (Å²) in [5.74, 6) is 0. The van der Waals surface area contributed by atoms with E-state index < -0.39 is 0 Å². The fraction of sp³-hybridized carbons (Fsp3) is 0.0769. The van der Waals surface area contributed by atoms with Crippen molar-refractivity contribution in [1.29, 1.82) is 0 Å². The van der Waals surface area contributed by atoms with E-state index in [-0.39, 0.29) is 0 Å². The van der Waals surface area contributed by atoms with Gasteiger partial charge in [-0.25, -0.2) is 4.57 Å². The molecule has 0 bridgehead atoms. The first kappa shape index (κ1) is 11.5. The van der Waals surface area contributed by atoms with Crippen LogP contribution < -0.4 is 15.2 Å². The van der Waals surface area contributed by atoms with E-state index in [9.17, 15) is 0 Å². The van der Waals surface area contributed by atoms with Crippen molar-refractivity contribution in [2.24, 2.45) is 7.05 Å². The minimum absolute atomic E-state index is 0.586. The van der Waals surface area contributed by atoms with Gasteiger partial charge in [0.2, 0.25) is 0 Å². The molecule has 86 valence electrons. The molecule has 0 aliphatic rings. The summed E-state index contributed by atoms with van der Waals surface area (Å²) in [7, 11) is 1.97. The lowest BCUT2D eigenvalue weighted by molar-refractivity contribution is -0.670. The highest BCUT2D eigenvalue weighted by molar-refractivity contribution is 7.80. The van der Waals surface area contributed by atoms with E-state index in [1.54, 1.807) is 0 Å². The fourth-order valence-corrected chi connectivity index (χ4v) is 1.71. The maximum Gasteiger partial charge on any atom is 0.192 e. The van der Waals surface area contributed by atoms with Crippen molar-refractivity contribution in [3.63, 3.8) is 0 Å². The third-order valence-electron chi connectivity index (χ3n) is 2.23. The third-order valence-corrected chi connectivity index (χ3v) is 2.43. The number of nitrogens with one attached hydrogen (secondary N) is 2. The van der Waals surface area contributed by atoms with Crippen molar-refractivity contribution in [1.82, 2.24) is 0 Å². The molecular weight excluding hydrogens is 230 g/mol. The Bertz CT molecular complexity index is 511. The SMILES string of the molecule is C[n+]1cccc(NC(=S)Nc2ccccc2)c1. The van der Waals surface area contributed by atoms with Crippen molar-refractivity contribution < 1.29 is 4.57 Å². The number of thiocarbonyl (C=S) groups is 1. The monoisotopic (exact) mass is 244 g/mol. The second-order valence-corrected chi connectivity index (χ2v) is 4.11. The Morgan fingerprint density at radius 2 is 1.65 bits per heavy atom. The Kier molecular flexibility index (Phi) is 3.67. The van der Waals surface area contributed by atoms with Crippen LogP contribution in [0.3, 0.4) is 0 Å². The molecule has 0 saturated carbocycles. The summed E-state index contributed by atoms with van der Waals surface area (Å²) in [5, 5.41) is 6.84. The molecule has 2 N–H and O–H groups in total. The number of aromatic nitrogens is 1. The second kappa shape index (κ2) is 5.41. The van der Waals surface area contributed by atoms with Crippen LogP contribution in [0.4, 0.5) is 11.4 Å². The maximum absolute atomic E-state index is 5.23. The predicted molar refractivity (Wildman–Crippen MR) is 73.9 cm³/mol. The number of para-hydroxylation sites is 1. The molecule has 0 amide bonds. The van der Waals surface area contributed by atoms with Gasteiger partial charge in [0.15, 0.2) is 17.5 Å². The highest BCUT2D eigenvalue weighted by Crippen LogP contribution is 2.07. The van der Waals surface area contributed by atoms with E-state index in [2.05, 4.69) is 10.6 Å². The predicted octanol–water partition coefficient (Wildman–Crippen LogP) is 2.32. The van der Waals surface area contributed by atoms with Gasteiger partial charge in [-0.3, -0.25) is 0 Å². The van der Waals surface area contributed by atoms with Crippen LogP contribution in [0.5, 0.6) is 0 Å². The van der Waals surface area contributed by atoms with E-state index in [4.69, 9.17) is 12.2 Å². The van der Waals surface area contributed by atoms with Crippen LogP contribution in [0.1, 0.15) is 0 Å². The van der Waals surface area contributed by atoms with Crippen LogP contribution in [0.15, 0.2) is 54.9 Å². The van der Waals surface area contributed by atoms with Crippen LogP contribution in [0.25, 0.3) is 0 Å². The van der Waals surface area contributed by atoms with Gasteiger partial charge < -0.3 is 10.6 Å². The van der Waals surface area contributed by atoms with Crippen LogP contribution in [-0.4, -0.2) is 5.11 Å². The van der Waals surface area contributed by atoms with Gasteiger partial charge in [0, 0.05) is 11.8 Å². The lowest BCUT2D eigenvalue weighted by atomic mass is 10.3. The molecule has 0 fully saturated rings. The minimum Gasteiger partial charge on any atom is -0.332 e. The average molecular weight is 244 g/mol. The first-order valence-electron chi connectivity index (χ1n) is 5.32. The minimum atomic E-state index is 0.586. The fourth-order valence-electron chi connectivity index (χ4n) is 1.48. The van der Waals surface area contributed by atoms with Gasteiger partial charge in [0.1, 0.15) is 12.7 Å². The van der Waals surface area contributed by atoms with Gasteiger partial charge in [0.05, 0.1) is 0 Å². The van der Waals surface area contributed by atoms with Crippen LogP contribution in [0.2, 0.25) is 0 Å². The zero-order valence-electron chi connectivity index (χ0n) is 9.55. The number of hydrogen-bond donors (Lipinski definition) is 2. The molecule has 0 radical (unpaired) electrons. The first-order valence-corrected chi connectivity index (χ1v) is 5.73. The molecule has 0 saturated heterocycles. The zero-order chi connectivity index (χ0) is 12.1. The molecule has 0 atom stereocenters. The number of pyridine rings is 1. The number of benzene rings is 1. The Hall–Kier alpha value is -1.94. The average Bonchev–Trinajstić information content (AvgIpc) is 2.30. The van der Waals surface area contributed by atoms with Gasteiger partial charge in [0.25, 0.3) is 0 Å². The normalized spacial score (nSPS) is 9.71. The second-order valence-electron chi connectivity index (χ2n) is 3.70. The number of aryl methyl sites for hydroxylation is 1. The topological polar surface area (TPSA) is 27.9 Å². The maximum atomic E-state index is 5.23. The molecule has 2 aromatic rings. The summed E-state index contributed by atoms with van der Waals surface area (Å²) >= 11 is 5.23. The quantitative estimate of drug-likeness (QED) is 0.627. The summed E-state index contributed by atoms with van der Waals surface area (Å²) in [4.78, 5) is 0. The highest BCUT2D eigenvalue weighted by atomic mass is 32.1. The van der Waals surface area contributed by atoms with Gasteiger partial charge in [-0.2, -0.15) is 0 Å². The van der Waals surface area contributed by atoms with E-state index in [0.29, 0.717) is 5.11 Å². The molecule has 1 aromatic carbocycles. The van der Waals surface area contributed by atoms with E-state index in [0.717, 1.165) is 11.4 Å². The Morgan fingerprint density at radius 3 is 2.35 bits per heavy atom. The third kappa shape index (κ3) is 3.53. The summed E-state index contributed by atoms with van der Waals surface area (Å²) in [5.41, 5.74) is 1.94. The molecule has 17 heavy (non-hydrogen) atoms. The molecule has 4 heteroatoms. The zero-order valence-corrected chi connectivity index (χ0v) is 10.4. The highest BCUT2D eigenvalue weighted by Gasteiger charge is 2.01. The van der Waals surface area contributed by atoms with Crippen LogP contribution in [0, 0.1) is 0 Å². The lowest BCUT2D eigenvalue weighted by Gasteiger charge is -2.09. The largest absolute Gasteiger partial charge is 0.332 e. The van der Waals surface area contributed by atoms with Crippen molar-refractivity contribution in [3.05, 3.63) is 54.9 Å². The number of anilines is 2. The van der Waals surface area contributed by atoms with E-state index in [1.807, 2.05) is 66.5 Å². The molecular formula is C13H14N3S+. The number of rotatable bonds is 2. The lowest BCUT2D eigenvalue weighted by Crippen LogP contribution is -2.28. The van der Waals surface area contributed by atoms with Crippen LogP contribution in [-0.2, 0) is 7.05 Å². The van der Waals surface area contributed by atoms with Gasteiger partial charge in [-0.1, -0.05) is 18.2 Å². The van der Waals surface area contributed by atoms with Gasteiger partial charge >= 0.3 is 0 Å². The molecule has 1 heterocycles. The molecule has 2 rings (SSSR count). The Balaban J connectivity index is 1.98. The van der Waals surface area contributed by atoms with Crippen molar-refractivity contribution in [2.75, 3.05) is 10.6 Å². The molecule has 0 spiro atoms. The van der Waals surface area contributed by atoms with Crippen molar-refractivity contribution in [3.8, 4) is 0 Å². The van der Waals surface area contributed by atoms with Gasteiger partial charge in [-0.15, -0.1) is 0 Å². The number of nitrogens with zero attached hydrogens (tertiary/aromatic N) is 1. The van der Waals surface area contributed by atoms with Crippen LogP contribution >= 0.6 is 12.2 Å². The standard InChI is InChI=1S/C13H13N3S/c1-16-9-5-8-12(10-16)15-13(17)14-11-6-3-2-4-7-11/h2-10H,1H3,(H-,14,15,17)/p+1. The van der Waals surface area contributed by atoms with Gasteiger partial charge in [-0.05, 0) is 30.4 Å². The Labute approximate surface area is 106 Å². The molecule has 0 aliphatic heterocycles. The molecule has 0 aliphatic carbocycles. The summed E-state index contributed by atoms with van der Waals surface area (Å²) < 4.78 is 1.97. The van der Waals surface area contributed by atoms with E-state index >= 15 is 0 Å². The summed E-state index contributed by atoms with van der Waals surface area (Å²) in [6, 6.07) is 13.8. The molecule has 1 aromatic heterocycles. The van der Waals surface area contributed by atoms with E-state index in [1.165, 1.54) is 0 Å². The smallest absolute Gasteiger partial charge is 0.192 e. The summed E-state index contributed by atoms with van der Waals surface area (Å²) in [6.07, 6.45) is 3.94. The molecule has 0 unspecified atom stereocenters. The number of hydrogen-bond acceptors (Lipinski definition) is 1. The Morgan fingerprint density at radius 1 is 1.00 bits per heavy atom. The first-order chi connectivity index (χ1) is 8.24. The van der Waals surface area contributed by atoms with Crippen molar-refractivity contribution in [2.45, 2.75) is 0 Å². The van der Waals surface area contributed by atoms with Crippen molar-refractivity contribution >= 4 is 28.7 Å². The molecule has 3 nitrogen and oxygen atoms in total.